The highest BCUT2D eigenvalue weighted by Gasteiger charge is 2.54. The quantitative estimate of drug-likeness (QED) is 0.622. The number of nitrogens with zero attached hydrogens (tertiary/aromatic N) is 2. The molecule has 0 aliphatic carbocycles. The van der Waals surface area contributed by atoms with Gasteiger partial charge in [-0.05, 0) is 34.9 Å². The molecular weight excluding hydrogens is 341 g/mol. The smallest absolute Gasteiger partial charge is 0.371 e. The monoisotopic (exact) mass is 352 g/mol. The van der Waals surface area contributed by atoms with Crippen molar-refractivity contribution in [2.75, 3.05) is 7.05 Å². The molecule has 0 bridgehead atoms. The molecular formula is C13H12ClF3N2O4. The Hall–Kier alpha value is -1.81. The molecule has 126 valence electrons. The SMILES string of the molecule is CN1C(C(F)(F)F)=CC(O)N(OC(=O)c2ccccc2)C1(O)Cl. The highest BCUT2D eigenvalue weighted by molar-refractivity contribution is 6.22. The first-order chi connectivity index (χ1) is 10.5. The number of allylic oxidation sites excluding steroid dienone is 1. The van der Waals surface area contributed by atoms with Gasteiger partial charge < -0.3 is 20.0 Å². The first kappa shape index (κ1) is 17.5. The van der Waals surface area contributed by atoms with Crippen molar-refractivity contribution >= 4 is 17.6 Å². The average Bonchev–Trinajstić information content (AvgIpc) is 2.47. The van der Waals surface area contributed by atoms with E-state index in [2.05, 4.69) is 0 Å². The van der Waals surface area contributed by atoms with E-state index >= 15 is 0 Å². The zero-order valence-electron chi connectivity index (χ0n) is 11.7. The lowest BCUT2D eigenvalue weighted by Crippen LogP contribution is -2.63. The van der Waals surface area contributed by atoms with Gasteiger partial charge in [0, 0.05) is 7.05 Å². The Bertz CT molecular complexity index is 621. The van der Waals surface area contributed by atoms with Gasteiger partial charge in [-0.1, -0.05) is 18.2 Å². The summed E-state index contributed by atoms with van der Waals surface area (Å²) in [6, 6.07) is 7.46. The topological polar surface area (TPSA) is 73.2 Å². The third-order valence-corrected chi connectivity index (χ3v) is 3.52. The molecule has 0 saturated heterocycles. The number of aliphatic hydroxyl groups is 2. The zero-order valence-corrected chi connectivity index (χ0v) is 12.4. The van der Waals surface area contributed by atoms with Crippen LogP contribution in [0.1, 0.15) is 10.4 Å². The van der Waals surface area contributed by atoms with Gasteiger partial charge in [0.05, 0.1) is 5.56 Å². The molecule has 0 amide bonds. The molecule has 1 aromatic rings. The maximum Gasteiger partial charge on any atom is 0.431 e. The molecule has 1 heterocycles. The standard InChI is InChI=1S/C13H12ClF3N2O4/c1-18-9(12(15,16)17)7-10(20)19(13(18,14)22)23-11(21)8-5-3-2-4-6-8/h2-7,10,20,22H,1H3. The Morgan fingerprint density at radius 3 is 2.43 bits per heavy atom. The van der Waals surface area contributed by atoms with Gasteiger partial charge >= 0.3 is 17.5 Å². The van der Waals surface area contributed by atoms with Crippen molar-refractivity contribution in [3.8, 4) is 0 Å². The van der Waals surface area contributed by atoms with Gasteiger partial charge in [-0.2, -0.15) is 13.2 Å². The molecule has 0 spiro atoms. The van der Waals surface area contributed by atoms with E-state index in [9.17, 15) is 28.2 Å². The van der Waals surface area contributed by atoms with Gasteiger partial charge in [-0.15, -0.1) is 0 Å². The van der Waals surface area contributed by atoms with Crippen molar-refractivity contribution in [3.63, 3.8) is 0 Å². The van der Waals surface area contributed by atoms with Gasteiger partial charge in [0.2, 0.25) is 0 Å². The summed E-state index contributed by atoms with van der Waals surface area (Å²) in [5, 5.41) is 17.0. The van der Waals surface area contributed by atoms with Crippen LogP contribution in [0.4, 0.5) is 13.2 Å². The highest BCUT2D eigenvalue weighted by Crippen LogP contribution is 2.39. The molecule has 1 aliphatic heterocycles. The number of hydrogen-bond donors (Lipinski definition) is 2. The molecule has 6 nitrogen and oxygen atoms in total. The number of halogens is 4. The van der Waals surface area contributed by atoms with E-state index in [1.54, 1.807) is 6.07 Å². The molecule has 1 aliphatic rings. The zero-order chi connectivity index (χ0) is 17.4. The lowest BCUT2D eigenvalue weighted by Gasteiger charge is -2.45. The van der Waals surface area contributed by atoms with Crippen molar-refractivity contribution in [2.45, 2.75) is 17.7 Å². The first-order valence-electron chi connectivity index (χ1n) is 6.24. The minimum atomic E-state index is -4.87. The summed E-state index contributed by atoms with van der Waals surface area (Å²) in [4.78, 5) is 16.9. The Morgan fingerprint density at radius 1 is 1.35 bits per heavy atom. The van der Waals surface area contributed by atoms with Crippen LogP contribution in [0.25, 0.3) is 0 Å². The number of alkyl halides is 4. The number of carbonyl (C=O) groups is 1. The Labute approximate surface area is 133 Å². The van der Waals surface area contributed by atoms with Gasteiger partial charge in [0.1, 0.15) is 5.70 Å². The second-order valence-electron chi connectivity index (χ2n) is 4.65. The van der Waals surface area contributed by atoms with Crippen LogP contribution in [-0.2, 0) is 4.84 Å². The van der Waals surface area contributed by atoms with E-state index in [1.807, 2.05) is 0 Å². The van der Waals surface area contributed by atoms with Crippen molar-refractivity contribution in [3.05, 3.63) is 47.7 Å². The summed E-state index contributed by atoms with van der Waals surface area (Å²) in [5.74, 6) is -1.01. The number of rotatable bonds is 2. The molecule has 2 atom stereocenters. The summed E-state index contributed by atoms with van der Waals surface area (Å²) in [6.45, 7) is 0. The molecule has 10 heteroatoms. The summed E-state index contributed by atoms with van der Waals surface area (Å²) in [6.07, 6.45) is -6.61. The molecule has 0 saturated carbocycles. The Morgan fingerprint density at radius 2 is 1.91 bits per heavy atom. The minimum absolute atomic E-state index is 0.0559. The fourth-order valence-electron chi connectivity index (χ4n) is 1.90. The second kappa shape index (κ2) is 6.00. The summed E-state index contributed by atoms with van der Waals surface area (Å²) in [5.41, 5.74) is -1.32. The summed E-state index contributed by atoms with van der Waals surface area (Å²) < 4.78 is 38.5. The minimum Gasteiger partial charge on any atom is -0.371 e. The summed E-state index contributed by atoms with van der Waals surface area (Å²) >= 11 is 5.65. The first-order valence-corrected chi connectivity index (χ1v) is 6.62. The molecule has 0 radical (unpaired) electrons. The number of hydroxylamine groups is 2. The van der Waals surface area contributed by atoms with E-state index in [0.717, 1.165) is 7.05 Å². The molecule has 0 fully saturated rings. The van der Waals surface area contributed by atoms with Gasteiger partial charge in [-0.25, -0.2) is 4.79 Å². The highest BCUT2D eigenvalue weighted by atomic mass is 35.5. The lowest BCUT2D eigenvalue weighted by molar-refractivity contribution is -0.324. The van der Waals surface area contributed by atoms with Crippen LogP contribution >= 0.6 is 11.6 Å². The largest absolute Gasteiger partial charge is 0.431 e. The predicted molar refractivity (Wildman–Crippen MR) is 72.4 cm³/mol. The number of benzene rings is 1. The maximum absolute atomic E-state index is 12.8. The molecule has 1 aromatic carbocycles. The number of aliphatic hydroxyl groups excluding tert-OH is 1. The second-order valence-corrected chi connectivity index (χ2v) is 5.15. The number of hydrogen-bond acceptors (Lipinski definition) is 6. The van der Waals surface area contributed by atoms with Crippen LogP contribution in [-0.4, -0.2) is 50.9 Å². The van der Waals surface area contributed by atoms with Gasteiger partial charge in [0.15, 0.2) is 6.23 Å². The Kier molecular flexibility index (Phi) is 4.58. The van der Waals surface area contributed by atoms with E-state index in [4.69, 9.17) is 16.4 Å². The van der Waals surface area contributed by atoms with Crippen molar-refractivity contribution < 1.29 is 33.0 Å². The molecule has 2 N–H and O–H groups in total. The maximum atomic E-state index is 12.8. The van der Waals surface area contributed by atoms with E-state index in [0.29, 0.717) is 6.08 Å². The van der Waals surface area contributed by atoms with Gasteiger partial charge in [-0.3, -0.25) is 0 Å². The third kappa shape index (κ3) is 3.42. The van der Waals surface area contributed by atoms with Crippen LogP contribution in [0, 0.1) is 0 Å². The lowest BCUT2D eigenvalue weighted by atomic mass is 10.2. The van der Waals surface area contributed by atoms with Crippen LogP contribution in [0.3, 0.4) is 0 Å². The molecule has 23 heavy (non-hydrogen) atoms. The fraction of sp³-hybridized carbons (Fsp3) is 0.308. The van der Waals surface area contributed by atoms with Gasteiger partial charge in [0.25, 0.3) is 0 Å². The van der Waals surface area contributed by atoms with Crippen LogP contribution in [0.2, 0.25) is 0 Å². The molecule has 2 rings (SSSR count). The number of carbonyl (C=O) groups excluding carboxylic acids is 1. The average molecular weight is 353 g/mol. The van der Waals surface area contributed by atoms with E-state index < -0.39 is 29.4 Å². The summed E-state index contributed by atoms with van der Waals surface area (Å²) in [7, 11) is 0.835. The fourth-order valence-corrected chi connectivity index (χ4v) is 2.13. The van der Waals surface area contributed by atoms with Crippen LogP contribution < -0.4 is 0 Å². The van der Waals surface area contributed by atoms with E-state index in [1.165, 1.54) is 24.3 Å². The van der Waals surface area contributed by atoms with Crippen LogP contribution in [0.15, 0.2) is 42.1 Å². The predicted octanol–water partition coefficient (Wildman–Crippen LogP) is 1.61. The van der Waals surface area contributed by atoms with Crippen molar-refractivity contribution in [2.24, 2.45) is 0 Å². The molecule has 0 aromatic heterocycles. The van der Waals surface area contributed by atoms with E-state index in [-0.39, 0.29) is 15.5 Å². The van der Waals surface area contributed by atoms with Crippen molar-refractivity contribution in [1.29, 1.82) is 0 Å². The third-order valence-electron chi connectivity index (χ3n) is 3.10. The van der Waals surface area contributed by atoms with Crippen molar-refractivity contribution in [1.82, 2.24) is 9.96 Å². The molecule has 2 unspecified atom stereocenters. The normalized spacial score (nSPS) is 26.0. The Balaban J connectivity index is 2.29. The van der Waals surface area contributed by atoms with Crippen LogP contribution in [0.5, 0.6) is 0 Å².